The molecular formula is C32H27Cl2N9O4. The number of carbonyl (C=O) groups excluding carboxylic acids is 3. The fraction of sp³-hybridized carbons (Fsp3) is 0.125. The van der Waals surface area contributed by atoms with Crippen molar-refractivity contribution in [2.45, 2.75) is 19.4 Å². The van der Waals surface area contributed by atoms with Crippen LogP contribution in [0, 0.1) is 0 Å². The number of nitrogens with one attached hydrogen (secondary N) is 3. The van der Waals surface area contributed by atoms with Crippen LogP contribution in [-0.2, 0) is 20.7 Å². The van der Waals surface area contributed by atoms with Crippen LogP contribution in [0.25, 0.3) is 22.9 Å². The van der Waals surface area contributed by atoms with Gasteiger partial charge in [-0.2, -0.15) is 9.78 Å². The number of ether oxygens (including phenoxy) is 1. The summed E-state index contributed by atoms with van der Waals surface area (Å²) in [7, 11) is 1.28. The summed E-state index contributed by atoms with van der Waals surface area (Å²) in [6, 6.07) is 20.4. The van der Waals surface area contributed by atoms with Gasteiger partial charge in [0.1, 0.15) is 6.33 Å². The van der Waals surface area contributed by atoms with Gasteiger partial charge in [0, 0.05) is 40.5 Å². The molecule has 0 bridgehead atoms. The Hall–Kier alpha value is -5.66. The topological polar surface area (TPSA) is 166 Å². The van der Waals surface area contributed by atoms with Crippen LogP contribution in [0.5, 0.6) is 0 Å². The van der Waals surface area contributed by atoms with Crippen molar-refractivity contribution in [1.82, 2.24) is 35.7 Å². The lowest BCUT2D eigenvalue weighted by atomic mass is 10.00. The van der Waals surface area contributed by atoms with Crippen molar-refractivity contribution >= 4 is 58.6 Å². The summed E-state index contributed by atoms with van der Waals surface area (Å²) in [5.41, 5.74) is 5.00. The summed E-state index contributed by atoms with van der Waals surface area (Å²) in [5.74, 6) is -0.597. The quantitative estimate of drug-likeness (QED) is 0.158. The van der Waals surface area contributed by atoms with E-state index in [1.54, 1.807) is 66.7 Å². The van der Waals surface area contributed by atoms with E-state index in [1.165, 1.54) is 31.1 Å². The first-order chi connectivity index (χ1) is 22.7. The fourth-order valence-electron chi connectivity index (χ4n) is 4.58. The van der Waals surface area contributed by atoms with Gasteiger partial charge in [-0.15, -0.1) is 10.2 Å². The Balaban J connectivity index is 1.44. The number of benzene rings is 3. The maximum absolute atomic E-state index is 13.4. The Bertz CT molecular complexity index is 1920. The van der Waals surface area contributed by atoms with Gasteiger partial charge in [-0.1, -0.05) is 47.5 Å². The molecule has 0 saturated carbocycles. The average molecular weight is 673 g/mol. The molecule has 3 amide bonds. The van der Waals surface area contributed by atoms with Crippen molar-refractivity contribution in [2.24, 2.45) is 0 Å². The SMILES string of the molecule is COC(=O)Nc1ccc(-c2cc(C(Cc3ccc(NC(C)=O)cc3)NC(=O)/C=C/c3cc(Cl)ccc3-n3cnnn3)nnc2Cl)cc1. The van der Waals surface area contributed by atoms with E-state index < -0.39 is 18.0 Å². The molecule has 0 radical (unpaired) electrons. The number of nitrogens with zero attached hydrogens (tertiary/aromatic N) is 6. The van der Waals surface area contributed by atoms with Crippen molar-refractivity contribution in [3.8, 4) is 16.8 Å². The first-order valence-electron chi connectivity index (χ1n) is 14.0. The zero-order valence-electron chi connectivity index (χ0n) is 25.0. The van der Waals surface area contributed by atoms with E-state index in [0.29, 0.717) is 50.9 Å². The van der Waals surface area contributed by atoms with Gasteiger partial charge in [-0.25, -0.2) is 4.79 Å². The molecule has 47 heavy (non-hydrogen) atoms. The second-order valence-corrected chi connectivity index (χ2v) is 10.9. The summed E-state index contributed by atoms with van der Waals surface area (Å²) < 4.78 is 6.10. The van der Waals surface area contributed by atoms with Crippen molar-refractivity contribution in [2.75, 3.05) is 17.7 Å². The Morgan fingerprint density at radius 1 is 0.936 bits per heavy atom. The van der Waals surface area contributed by atoms with Crippen molar-refractivity contribution in [3.63, 3.8) is 0 Å². The highest BCUT2D eigenvalue weighted by atomic mass is 35.5. The van der Waals surface area contributed by atoms with Crippen LogP contribution in [0.15, 0.2) is 85.2 Å². The van der Waals surface area contributed by atoms with Crippen LogP contribution in [0.3, 0.4) is 0 Å². The van der Waals surface area contributed by atoms with Crippen molar-refractivity contribution < 1.29 is 19.1 Å². The minimum absolute atomic E-state index is 0.156. The van der Waals surface area contributed by atoms with E-state index in [-0.39, 0.29) is 11.1 Å². The molecule has 0 aliphatic rings. The maximum Gasteiger partial charge on any atom is 0.411 e. The van der Waals surface area contributed by atoms with Gasteiger partial charge in [-0.3, -0.25) is 14.9 Å². The summed E-state index contributed by atoms with van der Waals surface area (Å²) >= 11 is 12.7. The molecule has 0 saturated heterocycles. The molecule has 13 nitrogen and oxygen atoms in total. The molecular weight excluding hydrogens is 645 g/mol. The molecule has 2 heterocycles. The number of anilines is 2. The number of halogens is 2. The zero-order valence-corrected chi connectivity index (χ0v) is 26.5. The van der Waals surface area contributed by atoms with Crippen LogP contribution < -0.4 is 16.0 Å². The normalized spacial score (nSPS) is 11.6. The first-order valence-corrected chi connectivity index (χ1v) is 14.8. The summed E-state index contributed by atoms with van der Waals surface area (Å²) in [6.07, 6.45) is 4.17. The van der Waals surface area contributed by atoms with Gasteiger partial charge < -0.3 is 15.4 Å². The highest BCUT2D eigenvalue weighted by Crippen LogP contribution is 2.30. The number of methoxy groups -OCH3 is 1. The van der Waals surface area contributed by atoms with Crippen molar-refractivity contribution in [1.29, 1.82) is 0 Å². The second-order valence-electron chi connectivity index (χ2n) is 10.1. The van der Waals surface area contributed by atoms with Crippen LogP contribution in [0.1, 0.15) is 29.8 Å². The van der Waals surface area contributed by atoms with E-state index in [2.05, 4.69) is 46.4 Å². The molecule has 3 N–H and O–H groups in total. The number of tetrazole rings is 1. The van der Waals surface area contributed by atoms with Gasteiger partial charge in [0.2, 0.25) is 11.8 Å². The highest BCUT2D eigenvalue weighted by molar-refractivity contribution is 6.32. The third-order valence-corrected chi connectivity index (χ3v) is 7.30. The Kier molecular flexibility index (Phi) is 10.5. The lowest BCUT2D eigenvalue weighted by Crippen LogP contribution is -2.29. The Morgan fingerprint density at radius 3 is 2.34 bits per heavy atom. The first kappa shape index (κ1) is 32.7. The van der Waals surface area contributed by atoms with E-state index in [1.807, 2.05) is 12.1 Å². The zero-order chi connectivity index (χ0) is 33.3. The molecule has 0 fully saturated rings. The Morgan fingerprint density at radius 2 is 1.66 bits per heavy atom. The molecule has 5 aromatic rings. The molecule has 15 heteroatoms. The van der Waals surface area contributed by atoms with E-state index in [4.69, 9.17) is 23.2 Å². The summed E-state index contributed by atoms with van der Waals surface area (Å²) in [6.45, 7) is 1.43. The van der Waals surface area contributed by atoms with E-state index in [9.17, 15) is 14.4 Å². The lowest BCUT2D eigenvalue weighted by Gasteiger charge is -2.19. The number of carbonyl (C=O) groups is 3. The highest BCUT2D eigenvalue weighted by Gasteiger charge is 2.20. The fourth-order valence-corrected chi connectivity index (χ4v) is 4.97. The smallest absolute Gasteiger partial charge is 0.411 e. The third-order valence-electron chi connectivity index (χ3n) is 6.78. The molecule has 1 atom stereocenters. The largest absolute Gasteiger partial charge is 0.453 e. The summed E-state index contributed by atoms with van der Waals surface area (Å²) in [4.78, 5) is 36.4. The summed E-state index contributed by atoms with van der Waals surface area (Å²) in [5, 5.41) is 28.8. The molecule has 0 aliphatic carbocycles. The van der Waals surface area contributed by atoms with Gasteiger partial charge in [0.15, 0.2) is 5.15 Å². The van der Waals surface area contributed by atoms with Crippen LogP contribution >= 0.6 is 23.2 Å². The van der Waals surface area contributed by atoms with Crippen LogP contribution in [0.4, 0.5) is 16.2 Å². The van der Waals surface area contributed by atoms with Crippen LogP contribution in [0.2, 0.25) is 10.2 Å². The number of aromatic nitrogens is 6. The molecule has 3 aromatic carbocycles. The number of hydrogen-bond acceptors (Lipinski definition) is 9. The number of hydrogen-bond donors (Lipinski definition) is 3. The predicted molar refractivity (Wildman–Crippen MR) is 177 cm³/mol. The molecule has 238 valence electrons. The number of rotatable bonds is 10. The molecule has 5 rings (SSSR count). The molecule has 0 spiro atoms. The van der Waals surface area contributed by atoms with Gasteiger partial charge in [0.25, 0.3) is 0 Å². The second kappa shape index (κ2) is 15.1. The van der Waals surface area contributed by atoms with E-state index >= 15 is 0 Å². The molecule has 0 aliphatic heterocycles. The van der Waals surface area contributed by atoms with Gasteiger partial charge in [-0.05, 0) is 82.6 Å². The van der Waals surface area contributed by atoms with Gasteiger partial charge in [0.05, 0.1) is 24.5 Å². The number of amides is 3. The predicted octanol–water partition coefficient (Wildman–Crippen LogP) is 5.68. The maximum atomic E-state index is 13.4. The minimum Gasteiger partial charge on any atom is -0.453 e. The monoisotopic (exact) mass is 671 g/mol. The average Bonchev–Trinajstić information content (AvgIpc) is 3.60. The molecule has 1 unspecified atom stereocenters. The molecule has 2 aromatic heterocycles. The van der Waals surface area contributed by atoms with Crippen LogP contribution in [-0.4, -0.2) is 55.4 Å². The van der Waals surface area contributed by atoms with Gasteiger partial charge >= 0.3 is 6.09 Å². The Labute approximate surface area is 279 Å². The lowest BCUT2D eigenvalue weighted by molar-refractivity contribution is -0.117. The van der Waals surface area contributed by atoms with Crippen molar-refractivity contribution in [3.05, 3.63) is 112 Å². The van der Waals surface area contributed by atoms with E-state index in [0.717, 1.165) is 5.56 Å². The standard InChI is InChI=1S/C32H27Cl2N9O4/c1-19(44)36-24-9-3-20(4-10-24)15-27(38-30(45)14-7-22-16-23(33)8-13-29(22)43-18-35-41-42-43)28-17-26(31(34)40-39-28)21-5-11-25(12-6-21)37-32(46)47-2/h3-14,16-18,27H,15H2,1-2H3,(H,36,44)(H,37,46)(H,38,45)/b14-7+. The minimum atomic E-state index is -0.638. The third kappa shape index (κ3) is 8.75.